The Hall–Kier alpha value is -3.88. The molecule has 180 valence electrons. The Bertz CT molecular complexity index is 1350. The first kappa shape index (κ1) is 22.9. The lowest BCUT2D eigenvalue weighted by Gasteiger charge is -2.35. The van der Waals surface area contributed by atoms with Crippen LogP contribution in [0.15, 0.2) is 42.5 Å². The van der Waals surface area contributed by atoms with E-state index in [0.717, 1.165) is 35.4 Å². The number of fused-ring (bicyclic) bond motifs is 1. The molecule has 1 aliphatic carbocycles. The van der Waals surface area contributed by atoms with E-state index >= 15 is 0 Å². The number of nitrogens with zero attached hydrogens (tertiary/aromatic N) is 2. The third-order valence-corrected chi connectivity index (χ3v) is 7.06. The first-order valence-electron chi connectivity index (χ1n) is 11.6. The van der Waals surface area contributed by atoms with E-state index in [4.69, 9.17) is 0 Å². The first-order chi connectivity index (χ1) is 16.8. The molecule has 0 bridgehead atoms. The number of benzene rings is 2. The summed E-state index contributed by atoms with van der Waals surface area (Å²) in [5.74, 6) is -2.88. The van der Waals surface area contributed by atoms with Crippen LogP contribution in [0.5, 0.6) is 0 Å². The summed E-state index contributed by atoms with van der Waals surface area (Å²) in [5, 5.41) is 9.71. The van der Waals surface area contributed by atoms with Gasteiger partial charge in [-0.15, -0.1) is 0 Å². The Morgan fingerprint density at radius 2 is 1.86 bits per heavy atom. The van der Waals surface area contributed by atoms with Crippen LogP contribution in [0.4, 0.5) is 14.5 Å². The molecule has 7 nitrogen and oxygen atoms in total. The number of imide groups is 1. The van der Waals surface area contributed by atoms with Crippen LogP contribution in [0.2, 0.25) is 0 Å². The number of carbonyl (C=O) groups is 3. The molecule has 5 rings (SSSR count). The molecule has 0 saturated carbocycles. The number of aromatic nitrogens is 2. The Labute approximate surface area is 200 Å². The molecule has 1 aliphatic heterocycles. The Morgan fingerprint density at radius 3 is 2.54 bits per heavy atom. The smallest absolute Gasteiger partial charge is 0.276 e. The zero-order valence-corrected chi connectivity index (χ0v) is 19.2. The van der Waals surface area contributed by atoms with Crippen molar-refractivity contribution in [2.24, 2.45) is 0 Å². The molecule has 1 saturated heterocycles. The zero-order chi connectivity index (χ0) is 24.7. The molecule has 3 amide bonds. The van der Waals surface area contributed by atoms with Gasteiger partial charge in [-0.2, -0.15) is 5.10 Å². The molecular formula is C26H24F2N4O3. The van der Waals surface area contributed by atoms with Crippen LogP contribution in [0.3, 0.4) is 0 Å². The second-order valence-electron chi connectivity index (χ2n) is 8.98. The highest BCUT2D eigenvalue weighted by Crippen LogP contribution is 2.36. The van der Waals surface area contributed by atoms with E-state index in [9.17, 15) is 23.2 Å². The fourth-order valence-corrected chi connectivity index (χ4v) is 5.08. The van der Waals surface area contributed by atoms with Crippen molar-refractivity contribution in [3.05, 3.63) is 76.6 Å². The molecule has 1 aromatic heterocycles. The van der Waals surface area contributed by atoms with Gasteiger partial charge in [-0.05, 0) is 61.9 Å². The topological polar surface area (TPSA) is 93.1 Å². The molecule has 2 N–H and O–H groups in total. The number of anilines is 1. The van der Waals surface area contributed by atoms with E-state index in [1.165, 1.54) is 10.7 Å². The third-order valence-electron chi connectivity index (χ3n) is 7.06. The van der Waals surface area contributed by atoms with Gasteiger partial charge in [0.2, 0.25) is 11.8 Å². The average molecular weight is 478 g/mol. The third kappa shape index (κ3) is 3.90. The van der Waals surface area contributed by atoms with E-state index in [1.807, 2.05) is 6.92 Å². The second kappa shape index (κ2) is 8.72. The van der Waals surface area contributed by atoms with Crippen LogP contribution in [-0.4, -0.2) is 27.5 Å². The number of hydrogen-bond donors (Lipinski definition) is 2. The van der Waals surface area contributed by atoms with Crippen LogP contribution in [-0.2, 0) is 27.8 Å². The zero-order valence-electron chi connectivity index (χ0n) is 19.2. The summed E-state index contributed by atoms with van der Waals surface area (Å²) >= 11 is 0. The number of piperidine rings is 1. The van der Waals surface area contributed by atoms with Crippen LogP contribution in [0.1, 0.15) is 59.9 Å². The minimum atomic E-state index is -0.975. The van der Waals surface area contributed by atoms with Gasteiger partial charge in [0.1, 0.15) is 0 Å². The van der Waals surface area contributed by atoms with Crippen LogP contribution in [0.25, 0.3) is 5.69 Å². The van der Waals surface area contributed by atoms with Gasteiger partial charge < -0.3 is 5.32 Å². The summed E-state index contributed by atoms with van der Waals surface area (Å²) in [6.45, 7) is 1.91. The van der Waals surface area contributed by atoms with Gasteiger partial charge in [-0.25, -0.2) is 13.5 Å². The van der Waals surface area contributed by atoms with Gasteiger partial charge in [-0.1, -0.05) is 19.1 Å². The number of carbonyl (C=O) groups excluding carboxylic acids is 3. The molecule has 2 aromatic carbocycles. The summed E-state index contributed by atoms with van der Waals surface area (Å²) in [6.07, 6.45) is 3.47. The number of amides is 3. The molecular weight excluding hydrogens is 454 g/mol. The van der Waals surface area contributed by atoms with Crippen molar-refractivity contribution in [2.45, 2.75) is 50.9 Å². The highest BCUT2D eigenvalue weighted by Gasteiger charge is 2.42. The Morgan fingerprint density at radius 1 is 1.09 bits per heavy atom. The van der Waals surface area contributed by atoms with Crippen molar-refractivity contribution in [1.29, 1.82) is 0 Å². The van der Waals surface area contributed by atoms with Crippen molar-refractivity contribution in [3.63, 3.8) is 0 Å². The van der Waals surface area contributed by atoms with E-state index < -0.39 is 23.0 Å². The van der Waals surface area contributed by atoms with Gasteiger partial charge in [0.05, 0.1) is 11.1 Å². The van der Waals surface area contributed by atoms with E-state index in [2.05, 4.69) is 15.7 Å². The summed E-state index contributed by atoms with van der Waals surface area (Å²) < 4.78 is 28.7. The summed E-state index contributed by atoms with van der Waals surface area (Å²) in [5.41, 5.74) is 2.77. The quantitative estimate of drug-likeness (QED) is 0.543. The maximum Gasteiger partial charge on any atom is 0.276 e. The monoisotopic (exact) mass is 478 g/mol. The number of hydrogen-bond acceptors (Lipinski definition) is 4. The van der Waals surface area contributed by atoms with Crippen LogP contribution < -0.4 is 10.6 Å². The highest BCUT2D eigenvalue weighted by molar-refractivity contribution is 6.05. The molecule has 0 radical (unpaired) electrons. The molecule has 1 unspecified atom stereocenters. The number of halogens is 2. The second-order valence-corrected chi connectivity index (χ2v) is 8.98. The van der Waals surface area contributed by atoms with Crippen molar-refractivity contribution < 1.29 is 23.2 Å². The van der Waals surface area contributed by atoms with Crippen LogP contribution in [0, 0.1) is 11.6 Å². The van der Waals surface area contributed by atoms with E-state index in [1.54, 1.807) is 24.3 Å². The minimum absolute atomic E-state index is 0.251. The van der Waals surface area contributed by atoms with Crippen molar-refractivity contribution in [2.75, 3.05) is 5.32 Å². The maximum absolute atomic E-state index is 13.8. The van der Waals surface area contributed by atoms with Gasteiger partial charge in [0.15, 0.2) is 17.3 Å². The lowest BCUT2D eigenvalue weighted by atomic mass is 9.72. The molecule has 2 heterocycles. The van der Waals surface area contributed by atoms with Gasteiger partial charge in [-0.3, -0.25) is 19.7 Å². The summed E-state index contributed by atoms with van der Waals surface area (Å²) in [6, 6.07) is 10.6. The van der Waals surface area contributed by atoms with E-state index in [0.29, 0.717) is 37.1 Å². The molecule has 2 aliphatic rings. The van der Waals surface area contributed by atoms with Gasteiger partial charge >= 0.3 is 0 Å². The molecule has 0 spiro atoms. The van der Waals surface area contributed by atoms with Crippen molar-refractivity contribution in [1.82, 2.24) is 15.1 Å². The molecule has 1 atom stereocenters. The Balaban J connectivity index is 1.39. The normalized spacial score (nSPS) is 19.4. The predicted molar refractivity (Wildman–Crippen MR) is 124 cm³/mol. The molecule has 9 heteroatoms. The van der Waals surface area contributed by atoms with Crippen molar-refractivity contribution in [3.8, 4) is 5.69 Å². The fourth-order valence-electron chi connectivity index (χ4n) is 5.08. The minimum Gasteiger partial charge on any atom is -0.321 e. The average Bonchev–Trinajstić information content (AvgIpc) is 3.45. The molecule has 35 heavy (non-hydrogen) atoms. The largest absolute Gasteiger partial charge is 0.321 e. The van der Waals surface area contributed by atoms with Crippen LogP contribution >= 0.6 is 0 Å². The number of nitrogens with one attached hydrogen (secondary N) is 2. The van der Waals surface area contributed by atoms with Gasteiger partial charge in [0.25, 0.3) is 5.91 Å². The molecule has 3 aromatic rings. The maximum atomic E-state index is 13.8. The fraction of sp³-hybridized carbons (Fsp3) is 0.308. The lowest BCUT2D eigenvalue weighted by Crippen LogP contribution is -2.51. The molecule has 1 fully saturated rings. The SMILES string of the molecule is CCC1(c2ccc(NC(=O)c3nn(-c4ccc(F)c(F)c4)c4c3CCC4)cc2)CCC(=O)NC1=O. The lowest BCUT2D eigenvalue weighted by molar-refractivity contribution is -0.138. The summed E-state index contributed by atoms with van der Waals surface area (Å²) in [4.78, 5) is 37.3. The summed E-state index contributed by atoms with van der Waals surface area (Å²) in [7, 11) is 0. The van der Waals surface area contributed by atoms with Crippen molar-refractivity contribution >= 4 is 23.4 Å². The first-order valence-corrected chi connectivity index (χ1v) is 11.6. The highest BCUT2D eigenvalue weighted by atomic mass is 19.2. The Kier molecular flexibility index (Phi) is 5.70. The standard InChI is InChI=1S/C26H24F2N4O3/c1-2-26(13-12-22(33)30-25(26)35)15-6-8-16(9-7-15)29-24(34)23-18-4-3-5-21(18)32(31-23)17-10-11-19(27)20(28)14-17/h6-11,14H,2-5,12-13H2,1H3,(H,29,34)(H,30,33,35). The van der Waals surface area contributed by atoms with Gasteiger partial charge in [0, 0.05) is 29.4 Å². The predicted octanol–water partition coefficient (Wildman–Crippen LogP) is 3.98. The number of rotatable bonds is 5. The van der Waals surface area contributed by atoms with E-state index in [-0.39, 0.29) is 23.9 Å².